The molecular weight excluding hydrogens is 290 g/mol. The summed E-state index contributed by atoms with van der Waals surface area (Å²) in [5.74, 6) is 0.639. The third-order valence-corrected chi connectivity index (χ3v) is 3.07. The highest BCUT2D eigenvalue weighted by Gasteiger charge is 2.05. The van der Waals surface area contributed by atoms with Crippen molar-refractivity contribution >= 4 is 17.5 Å². The molecule has 0 saturated carbocycles. The van der Waals surface area contributed by atoms with Crippen LogP contribution in [0.2, 0.25) is 5.02 Å². The van der Waals surface area contributed by atoms with E-state index in [0.29, 0.717) is 43.4 Å². The van der Waals surface area contributed by atoms with E-state index in [-0.39, 0.29) is 5.91 Å². The molecule has 0 heterocycles. The SMILES string of the molecule is C=C(C)COCCNC(=O)CCc1ccc(OC)c(Cl)c1. The fourth-order valence-corrected chi connectivity index (χ4v) is 2.00. The summed E-state index contributed by atoms with van der Waals surface area (Å²) in [6, 6.07) is 5.54. The molecule has 0 aromatic heterocycles. The van der Waals surface area contributed by atoms with Crippen LogP contribution in [0.25, 0.3) is 0 Å². The van der Waals surface area contributed by atoms with Gasteiger partial charge in [-0.25, -0.2) is 0 Å². The molecule has 1 rings (SSSR count). The Morgan fingerprint density at radius 3 is 2.81 bits per heavy atom. The molecule has 0 aliphatic carbocycles. The minimum atomic E-state index is 0.000801. The lowest BCUT2D eigenvalue weighted by Crippen LogP contribution is -2.27. The lowest BCUT2D eigenvalue weighted by molar-refractivity contribution is -0.121. The van der Waals surface area contributed by atoms with Gasteiger partial charge in [0.25, 0.3) is 0 Å². The molecule has 21 heavy (non-hydrogen) atoms. The largest absolute Gasteiger partial charge is 0.495 e. The van der Waals surface area contributed by atoms with Gasteiger partial charge in [0.15, 0.2) is 0 Å². The molecule has 5 heteroatoms. The van der Waals surface area contributed by atoms with E-state index in [1.807, 2.05) is 19.1 Å². The molecule has 0 fully saturated rings. The first-order valence-electron chi connectivity index (χ1n) is 6.84. The molecule has 0 unspecified atom stereocenters. The van der Waals surface area contributed by atoms with Gasteiger partial charge < -0.3 is 14.8 Å². The smallest absolute Gasteiger partial charge is 0.220 e. The van der Waals surface area contributed by atoms with Crippen LogP contribution in [-0.2, 0) is 16.0 Å². The van der Waals surface area contributed by atoms with Crippen LogP contribution in [0.3, 0.4) is 0 Å². The van der Waals surface area contributed by atoms with Gasteiger partial charge in [-0.1, -0.05) is 29.8 Å². The van der Waals surface area contributed by atoms with Crippen LogP contribution >= 0.6 is 11.6 Å². The van der Waals surface area contributed by atoms with Gasteiger partial charge in [-0.05, 0) is 31.0 Å². The number of amides is 1. The first-order valence-corrected chi connectivity index (χ1v) is 7.22. The lowest BCUT2D eigenvalue weighted by Gasteiger charge is -2.08. The van der Waals surface area contributed by atoms with Crippen LogP contribution in [0.5, 0.6) is 5.75 Å². The Morgan fingerprint density at radius 1 is 1.43 bits per heavy atom. The Balaban J connectivity index is 2.23. The summed E-state index contributed by atoms with van der Waals surface area (Å²) in [5, 5.41) is 3.37. The van der Waals surface area contributed by atoms with Crippen molar-refractivity contribution in [3.05, 3.63) is 40.9 Å². The number of halogens is 1. The van der Waals surface area contributed by atoms with E-state index in [2.05, 4.69) is 11.9 Å². The van der Waals surface area contributed by atoms with Gasteiger partial charge in [0.1, 0.15) is 5.75 Å². The molecular formula is C16H22ClNO3. The summed E-state index contributed by atoms with van der Waals surface area (Å²) >= 11 is 6.04. The predicted octanol–water partition coefficient (Wildman–Crippen LogP) is 2.99. The molecule has 0 radical (unpaired) electrons. The third-order valence-electron chi connectivity index (χ3n) is 2.77. The maximum absolute atomic E-state index is 11.7. The molecule has 0 atom stereocenters. The Bertz CT molecular complexity index is 488. The average molecular weight is 312 g/mol. The number of nitrogens with one attached hydrogen (secondary N) is 1. The van der Waals surface area contributed by atoms with Crippen LogP contribution in [0.1, 0.15) is 18.9 Å². The van der Waals surface area contributed by atoms with Crippen LogP contribution in [0.4, 0.5) is 0 Å². The molecule has 0 aliphatic heterocycles. The number of carbonyl (C=O) groups excluding carboxylic acids is 1. The van der Waals surface area contributed by atoms with Gasteiger partial charge in [-0.3, -0.25) is 4.79 Å². The molecule has 0 aliphatic rings. The van der Waals surface area contributed by atoms with Gasteiger partial charge in [-0.2, -0.15) is 0 Å². The standard InChI is InChI=1S/C16H22ClNO3/c1-12(2)11-21-9-8-18-16(19)7-5-13-4-6-15(20-3)14(17)10-13/h4,6,10H,1,5,7-9,11H2,2-3H3,(H,18,19). The van der Waals surface area contributed by atoms with Gasteiger partial charge in [-0.15, -0.1) is 0 Å². The molecule has 1 aromatic rings. The highest BCUT2D eigenvalue weighted by Crippen LogP contribution is 2.25. The molecule has 116 valence electrons. The van der Waals surface area contributed by atoms with Crippen molar-refractivity contribution in [1.82, 2.24) is 5.32 Å². The number of carbonyl (C=O) groups is 1. The summed E-state index contributed by atoms with van der Waals surface area (Å²) in [5.41, 5.74) is 1.98. The Labute approximate surface area is 131 Å². The normalized spacial score (nSPS) is 10.2. The van der Waals surface area contributed by atoms with Crippen molar-refractivity contribution < 1.29 is 14.3 Å². The van der Waals surface area contributed by atoms with Crippen molar-refractivity contribution in [3.8, 4) is 5.75 Å². The number of aryl methyl sites for hydroxylation is 1. The summed E-state index contributed by atoms with van der Waals surface area (Å²) in [7, 11) is 1.57. The van der Waals surface area contributed by atoms with Crippen LogP contribution < -0.4 is 10.1 Å². The predicted molar refractivity (Wildman–Crippen MR) is 85.0 cm³/mol. The highest BCUT2D eigenvalue weighted by atomic mass is 35.5. The molecule has 1 aromatic carbocycles. The first kappa shape index (κ1) is 17.5. The number of hydrogen-bond donors (Lipinski definition) is 1. The van der Waals surface area contributed by atoms with Crippen LogP contribution in [0, 0.1) is 0 Å². The molecule has 0 bridgehead atoms. The van der Waals surface area contributed by atoms with Gasteiger partial charge in [0.05, 0.1) is 25.3 Å². The number of ether oxygens (including phenoxy) is 2. The van der Waals surface area contributed by atoms with Gasteiger partial charge >= 0.3 is 0 Å². The topological polar surface area (TPSA) is 47.6 Å². The lowest BCUT2D eigenvalue weighted by atomic mass is 10.1. The maximum Gasteiger partial charge on any atom is 0.220 e. The van der Waals surface area contributed by atoms with Crippen LogP contribution in [-0.4, -0.2) is 32.8 Å². The second-order valence-electron chi connectivity index (χ2n) is 4.83. The second kappa shape index (κ2) is 9.42. The zero-order valence-corrected chi connectivity index (χ0v) is 13.3. The summed E-state index contributed by atoms with van der Waals surface area (Å²) in [4.78, 5) is 11.7. The monoisotopic (exact) mass is 311 g/mol. The zero-order chi connectivity index (χ0) is 15.7. The Hall–Kier alpha value is -1.52. The zero-order valence-electron chi connectivity index (χ0n) is 12.6. The van der Waals surface area contributed by atoms with Crippen molar-refractivity contribution in [3.63, 3.8) is 0 Å². The maximum atomic E-state index is 11.7. The van der Waals surface area contributed by atoms with Crippen molar-refractivity contribution in [1.29, 1.82) is 0 Å². The van der Waals surface area contributed by atoms with Crippen LogP contribution in [0.15, 0.2) is 30.4 Å². The Kier molecular flexibility index (Phi) is 7.87. The van der Waals surface area contributed by atoms with Crippen molar-refractivity contribution in [2.24, 2.45) is 0 Å². The van der Waals surface area contributed by atoms with Gasteiger partial charge in [0, 0.05) is 13.0 Å². The molecule has 0 spiro atoms. The van der Waals surface area contributed by atoms with E-state index >= 15 is 0 Å². The summed E-state index contributed by atoms with van der Waals surface area (Å²) < 4.78 is 10.4. The van der Waals surface area contributed by atoms with E-state index < -0.39 is 0 Å². The second-order valence-corrected chi connectivity index (χ2v) is 5.24. The fraction of sp³-hybridized carbons (Fsp3) is 0.438. The molecule has 0 saturated heterocycles. The van der Waals surface area contributed by atoms with E-state index in [1.165, 1.54) is 0 Å². The summed E-state index contributed by atoms with van der Waals surface area (Å²) in [6.07, 6.45) is 1.06. The molecule has 1 amide bonds. The number of hydrogen-bond acceptors (Lipinski definition) is 3. The van der Waals surface area contributed by atoms with E-state index in [9.17, 15) is 4.79 Å². The van der Waals surface area contributed by atoms with E-state index in [4.69, 9.17) is 21.1 Å². The summed E-state index contributed by atoms with van der Waals surface area (Å²) in [6.45, 7) is 7.17. The number of benzene rings is 1. The van der Waals surface area contributed by atoms with Gasteiger partial charge in [0.2, 0.25) is 5.91 Å². The highest BCUT2D eigenvalue weighted by molar-refractivity contribution is 6.32. The average Bonchev–Trinajstić information content (AvgIpc) is 2.44. The quantitative estimate of drug-likeness (QED) is 0.563. The fourth-order valence-electron chi connectivity index (χ4n) is 1.72. The van der Waals surface area contributed by atoms with Crippen molar-refractivity contribution in [2.75, 3.05) is 26.9 Å². The van der Waals surface area contributed by atoms with E-state index in [1.54, 1.807) is 13.2 Å². The first-order chi connectivity index (χ1) is 10.0. The minimum Gasteiger partial charge on any atom is -0.495 e. The van der Waals surface area contributed by atoms with E-state index in [0.717, 1.165) is 11.1 Å². The Morgan fingerprint density at radius 2 is 2.19 bits per heavy atom. The third kappa shape index (κ3) is 7.16. The van der Waals surface area contributed by atoms with Crippen molar-refractivity contribution in [2.45, 2.75) is 19.8 Å². The molecule has 4 nitrogen and oxygen atoms in total. The number of methoxy groups -OCH3 is 1. The number of rotatable bonds is 9. The molecule has 1 N–H and O–H groups in total. The minimum absolute atomic E-state index is 0.000801.